The molecule has 6 heteroatoms. The first-order chi connectivity index (χ1) is 14.0. The summed E-state index contributed by atoms with van der Waals surface area (Å²) >= 11 is 11.9. The first kappa shape index (κ1) is 20.0. The number of rotatable bonds is 7. The minimum atomic E-state index is 0.0152. The molecular weight excluding hydrogens is 407 g/mol. The van der Waals surface area contributed by atoms with Gasteiger partial charge in [-0.3, -0.25) is 4.79 Å². The Labute approximate surface area is 180 Å². The van der Waals surface area contributed by atoms with E-state index >= 15 is 0 Å². The molecule has 1 unspecified atom stereocenters. The Morgan fingerprint density at radius 2 is 1.72 bits per heavy atom. The Balaban J connectivity index is 1.41. The standard InChI is InChI=1S/C23H22Cl2N2O2/c1-15(16-2-6-18(24)7-3-16)27(20-10-11-20)23(28)13-12-22-26-14-21(29-22)17-4-8-19(25)9-5-17/h2-9,14-15,20H,10-13H2,1H3. The van der Waals surface area contributed by atoms with Crippen LogP contribution in [0, 0.1) is 0 Å². The molecule has 3 aromatic rings. The van der Waals surface area contributed by atoms with Crippen LogP contribution in [0.1, 0.15) is 43.7 Å². The van der Waals surface area contributed by atoms with Crippen LogP contribution < -0.4 is 0 Å². The smallest absolute Gasteiger partial charge is 0.223 e. The summed E-state index contributed by atoms with van der Waals surface area (Å²) in [4.78, 5) is 19.4. The third-order valence-electron chi connectivity index (χ3n) is 5.23. The second kappa shape index (κ2) is 8.60. The SMILES string of the molecule is CC(c1ccc(Cl)cc1)N(C(=O)CCc1ncc(-c2ccc(Cl)cc2)o1)C1CC1. The quantitative estimate of drug-likeness (QED) is 0.441. The van der Waals surface area contributed by atoms with Crippen molar-refractivity contribution in [2.24, 2.45) is 0 Å². The molecule has 2 aromatic carbocycles. The topological polar surface area (TPSA) is 46.3 Å². The van der Waals surface area contributed by atoms with Gasteiger partial charge in [0.05, 0.1) is 12.2 Å². The lowest BCUT2D eigenvalue weighted by atomic mass is 10.1. The molecule has 1 saturated carbocycles. The zero-order chi connectivity index (χ0) is 20.4. The third kappa shape index (κ3) is 4.82. The first-order valence-electron chi connectivity index (χ1n) is 9.78. The van der Waals surface area contributed by atoms with Crippen molar-refractivity contribution in [1.29, 1.82) is 0 Å². The van der Waals surface area contributed by atoms with E-state index in [1.165, 1.54) is 0 Å². The van der Waals surface area contributed by atoms with Crippen molar-refractivity contribution in [2.75, 3.05) is 0 Å². The van der Waals surface area contributed by atoms with Crippen LogP contribution >= 0.6 is 23.2 Å². The average molecular weight is 429 g/mol. The molecule has 1 atom stereocenters. The Morgan fingerprint density at radius 1 is 1.10 bits per heavy atom. The van der Waals surface area contributed by atoms with E-state index in [0.29, 0.717) is 40.6 Å². The number of benzene rings is 2. The molecular formula is C23H22Cl2N2O2. The zero-order valence-corrected chi connectivity index (χ0v) is 17.7. The normalized spacial score (nSPS) is 14.6. The van der Waals surface area contributed by atoms with Gasteiger partial charge in [0.15, 0.2) is 11.7 Å². The van der Waals surface area contributed by atoms with Crippen LogP contribution in [0.4, 0.5) is 0 Å². The van der Waals surface area contributed by atoms with Gasteiger partial charge in [0.1, 0.15) is 0 Å². The predicted octanol–water partition coefficient (Wildman–Crippen LogP) is 6.33. The molecule has 29 heavy (non-hydrogen) atoms. The summed E-state index contributed by atoms with van der Waals surface area (Å²) in [7, 11) is 0. The van der Waals surface area contributed by atoms with Crippen LogP contribution in [-0.4, -0.2) is 21.8 Å². The van der Waals surface area contributed by atoms with Crippen LogP contribution in [0.5, 0.6) is 0 Å². The maximum absolute atomic E-state index is 13.0. The minimum Gasteiger partial charge on any atom is -0.441 e. The van der Waals surface area contributed by atoms with E-state index in [1.54, 1.807) is 6.20 Å². The maximum Gasteiger partial charge on any atom is 0.223 e. The summed E-state index contributed by atoms with van der Waals surface area (Å²) in [5.41, 5.74) is 2.01. The van der Waals surface area contributed by atoms with E-state index < -0.39 is 0 Å². The predicted molar refractivity (Wildman–Crippen MR) is 115 cm³/mol. The van der Waals surface area contributed by atoms with Gasteiger partial charge in [0, 0.05) is 34.5 Å². The summed E-state index contributed by atoms with van der Waals surface area (Å²) < 4.78 is 5.83. The van der Waals surface area contributed by atoms with Crippen molar-refractivity contribution in [3.8, 4) is 11.3 Å². The number of aromatic nitrogens is 1. The number of carbonyl (C=O) groups is 1. The highest BCUT2D eigenvalue weighted by Crippen LogP contribution is 2.35. The van der Waals surface area contributed by atoms with Gasteiger partial charge in [-0.1, -0.05) is 35.3 Å². The summed E-state index contributed by atoms with van der Waals surface area (Å²) in [6, 6.07) is 15.5. The second-order valence-corrected chi connectivity index (χ2v) is 8.26. The second-order valence-electron chi connectivity index (χ2n) is 7.38. The first-order valence-corrected chi connectivity index (χ1v) is 10.5. The molecule has 1 aliphatic rings. The molecule has 1 amide bonds. The molecule has 1 heterocycles. The number of hydrogen-bond donors (Lipinski definition) is 0. The summed E-state index contributed by atoms with van der Waals surface area (Å²) in [5, 5.41) is 1.37. The fraction of sp³-hybridized carbons (Fsp3) is 0.304. The van der Waals surface area contributed by atoms with Gasteiger partial charge in [-0.2, -0.15) is 0 Å². The van der Waals surface area contributed by atoms with Gasteiger partial charge in [0.25, 0.3) is 0 Å². The molecule has 1 aromatic heterocycles. The molecule has 0 saturated heterocycles. The molecule has 150 valence electrons. The summed E-state index contributed by atoms with van der Waals surface area (Å²) in [6.45, 7) is 2.07. The Morgan fingerprint density at radius 3 is 2.34 bits per heavy atom. The van der Waals surface area contributed by atoms with Crippen molar-refractivity contribution >= 4 is 29.1 Å². The Kier molecular flexibility index (Phi) is 5.93. The van der Waals surface area contributed by atoms with Crippen molar-refractivity contribution in [1.82, 2.24) is 9.88 Å². The molecule has 0 N–H and O–H groups in total. The van der Waals surface area contributed by atoms with Crippen LogP contribution in [0.3, 0.4) is 0 Å². The molecule has 0 spiro atoms. The molecule has 4 nitrogen and oxygen atoms in total. The highest BCUT2D eigenvalue weighted by atomic mass is 35.5. The molecule has 1 fully saturated rings. The van der Waals surface area contributed by atoms with E-state index in [2.05, 4.69) is 11.9 Å². The Hall–Kier alpha value is -2.30. The zero-order valence-electron chi connectivity index (χ0n) is 16.1. The number of nitrogens with zero attached hydrogens (tertiary/aromatic N) is 2. The van der Waals surface area contributed by atoms with Crippen LogP contribution in [0.2, 0.25) is 10.0 Å². The summed E-state index contributed by atoms with van der Waals surface area (Å²) in [6.07, 6.45) is 4.66. The van der Waals surface area contributed by atoms with Gasteiger partial charge in [-0.15, -0.1) is 0 Å². The van der Waals surface area contributed by atoms with Crippen molar-refractivity contribution < 1.29 is 9.21 Å². The molecule has 0 aliphatic heterocycles. The minimum absolute atomic E-state index is 0.0152. The molecule has 1 aliphatic carbocycles. The third-order valence-corrected chi connectivity index (χ3v) is 5.74. The van der Waals surface area contributed by atoms with E-state index in [4.69, 9.17) is 27.6 Å². The van der Waals surface area contributed by atoms with Crippen LogP contribution in [0.25, 0.3) is 11.3 Å². The molecule has 4 rings (SSSR count). The largest absolute Gasteiger partial charge is 0.441 e. The fourth-order valence-corrected chi connectivity index (χ4v) is 3.76. The number of aryl methyl sites for hydroxylation is 1. The lowest BCUT2D eigenvalue weighted by Crippen LogP contribution is -2.35. The van der Waals surface area contributed by atoms with Crippen molar-refractivity contribution in [3.05, 3.63) is 76.2 Å². The highest BCUT2D eigenvalue weighted by Gasteiger charge is 2.36. The van der Waals surface area contributed by atoms with E-state index in [9.17, 15) is 4.79 Å². The van der Waals surface area contributed by atoms with Crippen LogP contribution in [-0.2, 0) is 11.2 Å². The maximum atomic E-state index is 13.0. The molecule has 0 bridgehead atoms. The van der Waals surface area contributed by atoms with E-state index in [1.807, 2.05) is 53.4 Å². The number of amides is 1. The van der Waals surface area contributed by atoms with Gasteiger partial charge in [-0.25, -0.2) is 4.98 Å². The monoisotopic (exact) mass is 428 g/mol. The average Bonchev–Trinajstić information content (AvgIpc) is 3.43. The Bertz CT molecular complexity index is 979. The van der Waals surface area contributed by atoms with Crippen molar-refractivity contribution in [2.45, 2.75) is 44.7 Å². The lowest BCUT2D eigenvalue weighted by Gasteiger charge is -2.30. The van der Waals surface area contributed by atoms with Gasteiger partial charge >= 0.3 is 0 Å². The highest BCUT2D eigenvalue weighted by molar-refractivity contribution is 6.30. The van der Waals surface area contributed by atoms with Gasteiger partial charge in [-0.05, 0) is 61.7 Å². The number of hydrogen-bond acceptors (Lipinski definition) is 3. The van der Waals surface area contributed by atoms with Crippen molar-refractivity contribution in [3.63, 3.8) is 0 Å². The van der Waals surface area contributed by atoms with Gasteiger partial charge in [0.2, 0.25) is 5.91 Å². The number of oxazole rings is 1. The lowest BCUT2D eigenvalue weighted by molar-refractivity contribution is -0.134. The summed E-state index contributed by atoms with van der Waals surface area (Å²) in [5.74, 6) is 1.37. The van der Waals surface area contributed by atoms with E-state index in [0.717, 1.165) is 24.0 Å². The van der Waals surface area contributed by atoms with Crippen LogP contribution in [0.15, 0.2) is 59.1 Å². The number of carbonyl (C=O) groups excluding carboxylic acids is 1. The fourth-order valence-electron chi connectivity index (χ4n) is 3.51. The van der Waals surface area contributed by atoms with E-state index in [-0.39, 0.29) is 11.9 Å². The molecule has 0 radical (unpaired) electrons. The van der Waals surface area contributed by atoms with Gasteiger partial charge < -0.3 is 9.32 Å². The number of halogens is 2.